The second-order valence-electron chi connectivity index (χ2n) is 13.0. The molecule has 14 heteroatoms. The number of hydrogen-bond donors (Lipinski definition) is 9. The summed E-state index contributed by atoms with van der Waals surface area (Å²) in [5.41, 5.74) is 0. The number of hydrogen-bond acceptors (Lipinski definition) is 13. The number of nitrogens with one attached hydrogen (secondary N) is 1. The van der Waals surface area contributed by atoms with Crippen LogP contribution in [0.5, 0.6) is 0 Å². The van der Waals surface area contributed by atoms with Crippen LogP contribution in [0.15, 0.2) is 12.2 Å². The van der Waals surface area contributed by atoms with Crippen LogP contribution in [0.25, 0.3) is 0 Å². The Hall–Kier alpha value is -1.27. The van der Waals surface area contributed by atoms with Gasteiger partial charge in [-0.1, -0.05) is 90.2 Å². The summed E-state index contributed by atoms with van der Waals surface area (Å²) in [5.74, 6) is -0.262. The van der Waals surface area contributed by atoms with E-state index in [1.807, 2.05) is 6.08 Å². The highest BCUT2D eigenvalue weighted by molar-refractivity contribution is 5.76. The molecule has 2 aliphatic rings. The molecule has 48 heavy (non-hydrogen) atoms. The topological polar surface area (TPSA) is 228 Å². The number of aliphatic hydroxyl groups is 8. The van der Waals surface area contributed by atoms with Gasteiger partial charge in [0.15, 0.2) is 12.6 Å². The molecule has 0 aromatic carbocycles. The molecule has 0 spiro atoms. The maximum atomic E-state index is 12.7. The molecule has 0 bridgehead atoms. The third kappa shape index (κ3) is 14.2. The minimum absolute atomic E-state index is 0.262. The van der Waals surface area contributed by atoms with E-state index in [9.17, 15) is 45.6 Å². The second kappa shape index (κ2) is 24.0. The van der Waals surface area contributed by atoms with Crippen molar-refractivity contribution >= 4 is 5.91 Å². The van der Waals surface area contributed by atoms with E-state index in [2.05, 4.69) is 19.2 Å². The van der Waals surface area contributed by atoms with Gasteiger partial charge in [-0.15, -0.1) is 0 Å². The molecule has 12 atom stereocenters. The third-order valence-electron chi connectivity index (χ3n) is 8.97. The van der Waals surface area contributed by atoms with Gasteiger partial charge in [0.25, 0.3) is 0 Å². The van der Waals surface area contributed by atoms with Gasteiger partial charge in [-0.05, 0) is 19.3 Å². The lowest BCUT2D eigenvalue weighted by Crippen LogP contribution is -2.65. The van der Waals surface area contributed by atoms with Crippen molar-refractivity contribution in [3.05, 3.63) is 12.2 Å². The first-order chi connectivity index (χ1) is 23.1. The van der Waals surface area contributed by atoms with Crippen molar-refractivity contribution in [1.82, 2.24) is 5.32 Å². The lowest BCUT2D eigenvalue weighted by Gasteiger charge is -2.46. The highest BCUT2D eigenvalue weighted by Crippen LogP contribution is 2.29. The Morgan fingerprint density at radius 3 is 1.92 bits per heavy atom. The quantitative estimate of drug-likeness (QED) is 0.0497. The van der Waals surface area contributed by atoms with E-state index in [-0.39, 0.29) is 18.9 Å². The summed E-state index contributed by atoms with van der Waals surface area (Å²) in [6.45, 7) is 2.56. The molecule has 2 aliphatic heterocycles. The summed E-state index contributed by atoms with van der Waals surface area (Å²) in [5, 5.41) is 85.4. The largest absolute Gasteiger partial charge is 0.394 e. The van der Waals surface area contributed by atoms with Gasteiger partial charge < -0.3 is 65.1 Å². The molecule has 1 amide bonds. The van der Waals surface area contributed by atoms with Crippen molar-refractivity contribution in [1.29, 1.82) is 0 Å². The van der Waals surface area contributed by atoms with Crippen LogP contribution in [-0.4, -0.2) is 140 Å². The van der Waals surface area contributed by atoms with Crippen LogP contribution in [0, 0.1) is 0 Å². The Bertz CT molecular complexity index is 878. The Morgan fingerprint density at radius 2 is 1.29 bits per heavy atom. The highest BCUT2D eigenvalue weighted by Gasteiger charge is 2.50. The Balaban J connectivity index is 1.99. The monoisotopic (exact) mass is 693 g/mol. The van der Waals surface area contributed by atoms with Crippen LogP contribution >= 0.6 is 0 Å². The molecule has 2 saturated heterocycles. The first kappa shape index (κ1) is 42.9. The van der Waals surface area contributed by atoms with Gasteiger partial charge in [0.05, 0.1) is 32.0 Å². The molecule has 2 heterocycles. The number of aliphatic hydroxyl groups excluding tert-OH is 8. The fraction of sp³-hybridized carbons (Fsp3) is 0.912. The van der Waals surface area contributed by atoms with Gasteiger partial charge in [-0.3, -0.25) is 4.79 Å². The summed E-state index contributed by atoms with van der Waals surface area (Å²) in [6.07, 6.45) is 0.735. The zero-order valence-electron chi connectivity index (χ0n) is 28.7. The van der Waals surface area contributed by atoms with Gasteiger partial charge in [-0.2, -0.15) is 0 Å². The molecule has 12 unspecified atom stereocenters. The summed E-state index contributed by atoms with van der Waals surface area (Å²) in [7, 11) is 0. The van der Waals surface area contributed by atoms with Crippen molar-refractivity contribution in [3.63, 3.8) is 0 Å². The van der Waals surface area contributed by atoms with Crippen LogP contribution in [-0.2, 0) is 23.7 Å². The van der Waals surface area contributed by atoms with E-state index in [0.29, 0.717) is 6.42 Å². The number of ether oxygens (including phenoxy) is 4. The number of unbranched alkanes of at least 4 members (excludes halogenated alkanes) is 11. The molecule has 282 valence electrons. The molecule has 2 rings (SSSR count). The van der Waals surface area contributed by atoms with Crippen LogP contribution in [0.4, 0.5) is 0 Å². The fourth-order valence-corrected chi connectivity index (χ4v) is 5.87. The minimum atomic E-state index is -1.78. The second-order valence-corrected chi connectivity index (χ2v) is 13.0. The van der Waals surface area contributed by atoms with Gasteiger partial charge in [0.1, 0.15) is 48.8 Å². The van der Waals surface area contributed by atoms with Crippen LogP contribution in [0.2, 0.25) is 0 Å². The van der Waals surface area contributed by atoms with E-state index in [4.69, 9.17) is 18.9 Å². The van der Waals surface area contributed by atoms with E-state index in [0.717, 1.165) is 38.5 Å². The minimum Gasteiger partial charge on any atom is -0.394 e. The van der Waals surface area contributed by atoms with Crippen molar-refractivity contribution in [3.8, 4) is 0 Å². The molecule has 0 radical (unpaired) electrons. The van der Waals surface area contributed by atoms with Crippen molar-refractivity contribution in [2.75, 3.05) is 19.8 Å². The average Bonchev–Trinajstić information content (AvgIpc) is 3.08. The molecule has 0 saturated carbocycles. The van der Waals surface area contributed by atoms with E-state index >= 15 is 0 Å². The lowest BCUT2D eigenvalue weighted by molar-refractivity contribution is -0.359. The molecule has 0 aromatic heterocycles. The zero-order valence-corrected chi connectivity index (χ0v) is 28.7. The molecular weight excluding hydrogens is 630 g/mol. The molecule has 0 aliphatic carbocycles. The predicted octanol–water partition coefficient (Wildman–Crippen LogP) is 0.530. The number of allylic oxidation sites excluding steroid dienone is 1. The lowest BCUT2D eigenvalue weighted by atomic mass is 9.97. The highest BCUT2D eigenvalue weighted by atomic mass is 16.7. The molecular formula is C34H63NO13. The zero-order chi connectivity index (χ0) is 35.5. The maximum Gasteiger partial charge on any atom is 0.220 e. The van der Waals surface area contributed by atoms with E-state index in [1.165, 1.54) is 38.5 Å². The Labute approximate surface area is 285 Å². The molecule has 14 nitrogen and oxygen atoms in total. The van der Waals surface area contributed by atoms with Crippen LogP contribution in [0.3, 0.4) is 0 Å². The maximum absolute atomic E-state index is 12.7. The van der Waals surface area contributed by atoms with Gasteiger partial charge in [0.2, 0.25) is 5.91 Å². The smallest absolute Gasteiger partial charge is 0.220 e. The first-order valence-electron chi connectivity index (χ1n) is 17.9. The first-order valence-corrected chi connectivity index (χ1v) is 17.9. The summed E-state index contributed by atoms with van der Waals surface area (Å²) < 4.78 is 22.4. The predicted molar refractivity (Wildman–Crippen MR) is 175 cm³/mol. The third-order valence-corrected chi connectivity index (χ3v) is 8.97. The van der Waals surface area contributed by atoms with E-state index < -0.39 is 86.8 Å². The van der Waals surface area contributed by atoms with Gasteiger partial charge >= 0.3 is 0 Å². The SMILES string of the molecule is CCCCCCCCCC/C=C/C(O)C(COC1OC(CO)C(OC2OC(CO)C(O)C(O)C2O)C(O)C1O)NC(=O)CCCCCC. The van der Waals surface area contributed by atoms with E-state index in [1.54, 1.807) is 6.08 Å². The van der Waals surface area contributed by atoms with Crippen molar-refractivity contribution in [2.45, 2.75) is 177 Å². The Kier molecular flexibility index (Phi) is 21.5. The van der Waals surface area contributed by atoms with Crippen LogP contribution in [0.1, 0.15) is 104 Å². The average molecular weight is 694 g/mol. The van der Waals surface area contributed by atoms with Gasteiger partial charge in [-0.25, -0.2) is 0 Å². The molecule has 2 fully saturated rings. The van der Waals surface area contributed by atoms with Gasteiger partial charge in [0, 0.05) is 6.42 Å². The molecule has 0 aromatic rings. The number of carbonyl (C=O) groups is 1. The summed E-state index contributed by atoms with van der Waals surface area (Å²) in [6, 6.07) is -0.901. The van der Waals surface area contributed by atoms with Crippen LogP contribution < -0.4 is 5.32 Å². The Morgan fingerprint density at radius 1 is 0.729 bits per heavy atom. The summed E-state index contributed by atoms with van der Waals surface area (Å²) >= 11 is 0. The number of rotatable bonds is 24. The molecule has 9 N–H and O–H groups in total. The van der Waals surface area contributed by atoms with Crippen molar-refractivity contribution < 1.29 is 64.6 Å². The number of carbonyl (C=O) groups excluding carboxylic acids is 1. The fourth-order valence-electron chi connectivity index (χ4n) is 5.87. The van der Waals surface area contributed by atoms with Crippen molar-refractivity contribution in [2.24, 2.45) is 0 Å². The summed E-state index contributed by atoms with van der Waals surface area (Å²) in [4.78, 5) is 12.7. The standard InChI is InChI=1S/C34H63NO13/c1-3-5-7-9-10-11-12-13-14-15-17-23(38)22(35-26(39)18-16-8-6-4-2)21-45-33-31(44)29(42)32(25(20-37)47-33)48-34-30(43)28(41)27(40)24(19-36)46-34/h15,17,22-25,27-34,36-38,40-44H,3-14,16,18-21H2,1-2H3,(H,35,39)/b17-15+. The normalized spacial score (nSPS) is 32.4. The number of amides is 1.